The van der Waals surface area contributed by atoms with Gasteiger partial charge in [-0.1, -0.05) is 56.6 Å². The van der Waals surface area contributed by atoms with Crippen molar-refractivity contribution in [2.24, 2.45) is 0 Å². The standard InChI is InChI=1S/C25H26ClN3O/c1-16-17(2)29(15-18-7-6-8-21(26)13-18)23(22(16)14-27)28-24(30)19-9-11-20(12-10-19)25(3,4)5/h6-13H,15H2,1-5H3,(H,28,30). The van der Waals surface area contributed by atoms with E-state index in [4.69, 9.17) is 11.6 Å². The van der Waals surface area contributed by atoms with Crippen LogP contribution in [0.3, 0.4) is 0 Å². The van der Waals surface area contributed by atoms with E-state index >= 15 is 0 Å². The Morgan fingerprint density at radius 2 is 1.80 bits per heavy atom. The molecule has 1 aromatic heterocycles. The number of hydrogen-bond acceptors (Lipinski definition) is 2. The van der Waals surface area contributed by atoms with E-state index in [0.717, 1.165) is 22.4 Å². The lowest BCUT2D eigenvalue weighted by atomic mass is 9.87. The third-order valence-corrected chi connectivity index (χ3v) is 5.65. The highest BCUT2D eigenvalue weighted by molar-refractivity contribution is 6.30. The number of halogens is 1. The van der Waals surface area contributed by atoms with Crippen molar-refractivity contribution in [1.29, 1.82) is 5.26 Å². The van der Waals surface area contributed by atoms with Gasteiger partial charge in [0, 0.05) is 22.8 Å². The summed E-state index contributed by atoms with van der Waals surface area (Å²) in [5.74, 6) is 0.272. The fourth-order valence-corrected chi connectivity index (χ4v) is 3.66. The van der Waals surface area contributed by atoms with E-state index in [1.54, 1.807) is 0 Å². The predicted molar refractivity (Wildman–Crippen MR) is 122 cm³/mol. The van der Waals surface area contributed by atoms with Crippen LogP contribution in [-0.2, 0) is 12.0 Å². The van der Waals surface area contributed by atoms with Gasteiger partial charge < -0.3 is 9.88 Å². The Morgan fingerprint density at radius 3 is 2.37 bits per heavy atom. The van der Waals surface area contributed by atoms with Crippen LogP contribution in [0.15, 0.2) is 48.5 Å². The number of nitrogens with zero attached hydrogens (tertiary/aromatic N) is 2. The smallest absolute Gasteiger partial charge is 0.256 e. The second-order valence-corrected chi connectivity index (χ2v) is 8.98. The van der Waals surface area contributed by atoms with Crippen molar-refractivity contribution < 1.29 is 4.79 Å². The van der Waals surface area contributed by atoms with E-state index in [1.165, 1.54) is 0 Å². The average Bonchev–Trinajstić information content (AvgIpc) is 2.91. The van der Waals surface area contributed by atoms with Crippen molar-refractivity contribution in [2.75, 3.05) is 5.32 Å². The Labute approximate surface area is 183 Å². The van der Waals surface area contributed by atoms with Crippen LogP contribution in [0.1, 0.15) is 59.1 Å². The molecule has 0 spiro atoms. The Morgan fingerprint density at radius 1 is 1.13 bits per heavy atom. The number of anilines is 1. The quantitative estimate of drug-likeness (QED) is 0.545. The molecule has 1 amide bonds. The number of aromatic nitrogens is 1. The van der Waals surface area contributed by atoms with Gasteiger partial charge in [0.25, 0.3) is 5.91 Å². The van der Waals surface area contributed by atoms with Gasteiger partial charge in [0.05, 0.1) is 5.56 Å². The second-order valence-electron chi connectivity index (χ2n) is 8.54. The highest BCUT2D eigenvalue weighted by atomic mass is 35.5. The van der Waals surface area contributed by atoms with E-state index in [9.17, 15) is 10.1 Å². The minimum Gasteiger partial charge on any atom is -0.326 e. The largest absolute Gasteiger partial charge is 0.326 e. The lowest BCUT2D eigenvalue weighted by Crippen LogP contribution is -2.17. The molecule has 0 atom stereocenters. The van der Waals surface area contributed by atoms with Crippen LogP contribution in [0, 0.1) is 25.2 Å². The lowest BCUT2D eigenvalue weighted by molar-refractivity contribution is 0.102. The molecule has 1 N–H and O–H groups in total. The summed E-state index contributed by atoms with van der Waals surface area (Å²) in [7, 11) is 0. The Kier molecular flexibility index (Phi) is 6.05. The van der Waals surface area contributed by atoms with Gasteiger partial charge in [0.15, 0.2) is 0 Å². The lowest BCUT2D eigenvalue weighted by Gasteiger charge is -2.19. The summed E-state index contributed by atoms with van der Waals surface area (Å²) < 4.78 is 1.96. The van der Waals surface area contributed by atoms with Crippen molar-refractivity contribution in [1.82, 2.24) is 4.57 Å². The third-order valence-electron chi connectivity index (χ3n) is 5.42. The zero-order valence-electron chi connectivity index (χ0n) is 18.0. The molecule has 4 nitrogen and oxygen atoms in total. The molecule has 3 rings (SSSR count). The first-order chi connectivity index (χ1) is 14.1. The van der Waals surface area contributed by atoms with Gasteiger partial charge in [-0.3, -0.25) is 4.79 Å². The minimum atomic E-state index is -0.239. The molecular formula is C25H26ClN3O. The van der Waals surface area contributed by atoms with Crippen molar-refractivity contribution in [3.63, 3.8) is 0 Å². The zero-order chi connectivity index (χ0) is 22.1. The first-order valence-electron chi connectivity index (χ1n) is 9.88. The molecule has 3 aromatic rings. The number of rotatable bonds is 4. The van der Waals surface area contributed by atoms with Crippen molar-refractivity contribution in [3.8, 4) is 6.07 Å². The van der Waals surface area contributed by atoms with Gasteiger partial charge in [-0.05, 0) is 60.2 Å². The van der Waals surface area contributed by atoms with Crippen molar-refractivity contribution in [3.05, 3.63) is 87.1 Å². The summed E-state index contributed by atoms with van der Waals surface area (Å²) >= 11 is 6.13. The van der Waals surface area contributed by atoms with Gasteiger partial charge in [0.2, 0.25) is 0 Å². The van der Waals surface area contributed by atoms with Crippen molar-refractivity contribution in [2.45, 2.75) is 46.6 Å². The summed E-state index contributed by atoms with van der Waals surface area (Å²) in [6.07, 6.45) is 0. The first kappa shape index (κ1) is 21.7. The molecule has 5 heteroatoms. The maximum absolute atomic E-state index is 13.0. The molecule has 0 unspecified atom stereocenters. The molecule has 0 saturated heterocycles. The highest BCUT2D eigenvalue weighted by Gasteiger charge is 2.21. The van der Waals surface area contributed by atoms with Crippen LogP contribution in [0.2, 0.25) is 5.02 Å². The molecule has 0 radical (unpaired) electrons. The molecule has 0 fully saturated rings. The van der Waals surface area contributed by atoms with Gasteiger partial charge in [-0.2, -0.15) is 5.26 Å². The fourth-order valence-electron chi connectivity index (χ4n) is 3.45. The molecule has 0 aliphatic carbocycles. The minimum absolute atomic E-state index is 0.0167. The van der Waals surface area contributed by atoms with Crippen LogP contribution in [0.25, 0.3) is 0 Å². The fraction of sp³-hybridized carbons (Fsp3) is 0.280. The van der Waals surface area contributed by atoms with E-state index in [0.29, 0.717) is 28.5 Å². The number of nitrogens with one attached hydrogen (secondary N) is 1. The summed E-state index contributed by atoms with van der Waals surface area (Å²) in [6, 6.07) is 17.4. The normalized spacial score (nSPS) is 11.2. The van der Waals surface area contributed by atoms with Crippen LogP contribution >= 0.6 is 11.6 Å². The SMILES string of the molecule is Cc1c(C#N)c(NC(=O)c2ccc(C(C)(C)C)cc2)n(Cc2cccc(Cl)c2)c1C. The van der Waals surface area contributed by atoms with Crippen LogP contribution in [0.5, 0.6) is 0 Å². The van der Waals surface area contributed by atoms with E-state index < -0.39 is 0 Å². The monoisotopic (exact) mass is 419 g/mol. The molecule has 0 bridgehead atoms. The first-order valence-corrected chi connectivity index (χ1v) is 10.3. The molecular weight excluding hydrogens is 394 g/mol. The third kappa shape index (κ3) is 4.42. The van der Waals surface area contributed by atoms with Crippen LogP contribution in [-0.4, -0.2) is 10.5 Å². The van der Waals surface area contributed by atoms with Crippen LogP contribution in [0.4, 0.5) is 5.82 Å². The predicted octanol–water partition coefficient (Wildman–Crippen LogP) is 6.23. The van der Waals surface area contributed by atoms with Gasteiger partial charge >= 0.3 is 0 Å². The Balaban J connectivity index is 1.96. The summed E-state index contributed by atoms with van der Waals surface area (Å²) in [4.78, 5) is 13.0. The molecule has 154 valence electrons. The van der Waals surface area contributed by atoms with E-state index in [-0.39, 0.29) is 11.3 Å². The maximum Gasteiger partial charge on any atom is 0.256 e. The number of benzene rings is 2. The highest BCUT2D eigenvalue weighted by Crippen LogP contribution is 2.29. The number of nitriles is 1. The molecule has 0 aliphatic heterocycles. The summed E-state index contributed by atoms with van der Waals surface area (Å²) in [6.45, 7) is 10.8. The molecule has 30 heavy (non-hydrogen) atoms. The van der Waals surface area contributed by atoms with Gasteiger partial charge in [-0.25, -0.2) is 0 Å². The van der Waals surface area contributed by atoms with Gasteiger partial charge in [-0.15, -0.1) is 0 Å². The number of carbonyl (C=O) groups is 1. The van der Waals surface area contributed by atoms with Crippen molar-refractivity contribution >= 4 is 23.3 Å². The van der Waals surface area contributed by atoms with Gasteiger partial charge in [0.1, 0.15) is 11.9 Å². The molecule has 0 aliphatic rings. The Bertz CT molecular complexity index is 1130. The summed E-state index contributed by atoms with van der Waals surface area (Å²) in [5, 5.41) is 13.3. The molecule has 2 aromatic carbocycles. The van der Waals surface area contributed by atoms with Crippen LogP contribution < -0.4 is 5.32 Å². The maximum atomic E-state index is 13.0. The molecule has 1 heterocycles. The zero-order valence-corrected chi connectivity index (χ0v) is 18.8. The number of hydrogen-bond donors (Lipinski definition) is 1. The van der Waals surface area contributed by atoms with E-state index in [2.05, 4.69) is 32.2 Å². The topological polar surface area (TPSA) is 57.8 Å². The second kappa shape index (κ2) is 8.38. The van der Waals surface area contributed by atoms with E-state index in [1.807, 2.05) is 66.9 Å². The Hall–Kier alpha value is -3.03. The molecule has 0 saturated carbocycles. The average molecular weight is 420 g/mol. The number of carbonyl (C=O) groups excluding carboxylic acids is 1. The summed E-state index contributed by atoms with van der Waals surface area (Å²) in [5.41, 5.74) is 5.00. The number of amides is 1.